The van der Waals surface area contributed by atoms with Crippen molar-refractivity contribution in [2.24, 2.45) is 10.8 Å². The van der Waals surface area contributed by atoms with E-state index in [1.807, 2.05) is 66.7 Å². The summed E-state index contributed by atoms with van der Waals surface area (Å²) >= 11 is 13.3. The predicted octanol–water partition coefficient (Wildman–Crippen LogP) is 8.02. The number of halogens is 4. The number of fused-ring (bicyclic) bond motifs is 5. The van der Waals surface area contributed by atoms with E-state index in [0.29, 0.717) is 0 Å². The van der Waals surface area contributed by atoms with Crippen LogP contribution in [0.5, 0.6) is 0 Å². The van der Waals surface area contributed by atoms with Gasteiger partial charge in [0.05, 0.1) is 0 Å². The molecule has 0 aliphatic heterocycles. The van der Waals surface area contributed by atoms with Crippen LogP contribution in [0.2, 0.25) is 10.0 Å². The summed E-state index contributed by atoms with van der Waals surface area (Å²) in [6.07, 6.45) is 7.41. The summed E-state index contributed by atoms with van der Waals surface area (Å²) in [6, 6.07) is 35.8. The van der Waals surface area contributed by atoms with Gasteiger partial charge in [-0.25, -0.2) is 17.7 Å². The Balaban J connectivity index is 0.000000236. The first-order valence-electron chi connectivity index (χ1n) is 18.3. The van der Waals surface area contributed by atoms with Crippen molar-refractivity contribution in [3.05, 3.63) is 170 Å². The van der Waals surface area contributed by atoms with Crippen molar-refractivity contribution in [1.82, 2.24) is 0 Å². The van der Waals surface area contributed by atoms with Crippen LogP contribution in [0.3, 0.4) is 0 Å². The standard InChI is InChI=1S/C31H37.C13H8Cl2.C5H5.2ClH.Zr/c1-28(2,3)26-16-30(7,8)24-12-18-11-19-13-25-23(15-21(19)20(18)14-22(24)26)27(29(4,5)6)17-31(25,9)10;14-12-5-1-3-10(8-12)7-11-4-2-6-13(15)9-11;1-2-4-5-3-1;;;/h12-16H,11H2,1-10H3;1-6,8-9H;1-5H;2*1H;/q-1;;-1;;;+2/p-2. The van der Waals surface area contributed by atoms with Gasteiger partial charge in [0, 0.05) is 5.41 Å². The molecule has 0 aromatic heterocycles. The zero-order chi connectivity index (χ0) is 37.8. The second-order valence-electron chi connectivity index (χ2n) is 17.5. The van der Waals surface area contributed by atoms with Crippen molar-refractivity contribution >= 4 is 37.6 Å². The molecule has 0 radical (unpaired) electrons. The Kier molecular flexibility index (Phi) is 13.6. The van der Waals surface area contributed by atoms with Gasteiger partial charge in [-0.3, -0.25) is 6.08 Å². The maximum Gasteiger partial charge on any atom is -0.172 e. The Hall–Kier alpha value is -2.38. The van der Waals surface area contributed by atoms with E-state index in [1.165, 1.54) is 83.1 Å². The van der Waals surface area contributed by atoms with Gasteiger partial charge in [-0.2, -0.15) is 23.8 Å². The van der Waals surface area contributed by atoms with Gasteiger partial charge in [0.1, 0.15) is 0 Å². The maximum absolute atomic E-state index is 5.98. The van der Waals surface area contributed by atoms with Gasteiger partial charge in [0.25, 0.3) is 0 Å². The molecule has 0 saturated heterocycles. The van der Waals surface area contributed by atoms with Crippen LogP contribution < -0.4 is 24.8 Å². The molecule has 0 nitrogen and oxygen atoms in total. The molecule has 0 fully saturated rings. The van der Waals surface area contributed by atoms with Crippen molar-refractivity contribution in [1.29, 1.82) is 0 Å². The molecule has 3 aliphatic carbocycles. The fraction of sp³-hybridized carbons (Fsp3) is 0.306. The van der Waals surface area contributed by atoms with Gasteiger partial charge in [-0.15, -0.1) is 11.6 Å². The van der Waals surface area contributed by atoms with E-state index in [0.717, 1.165) is 27.6 Å². The number of allylic oxidation sites excluding steroid dienone is 4. The van der Waals surface area contributed by atoms with E-state index in [2.05, 4.69) is 118 Å². The summed E-state index contributed by atoms with van der Waals surface area (Å²) in [4.78, 5) is 0. The quantitative estimate of drug-likeness (QED) is 0.155. The van der Waals surface area contributed by atoms with Crippen LogP contribution in [0.1, 0.15) is 114 Å². The van der Waals surface area contributed by atoms with Gasteiger partial charge in [-0.1, -0.05) is 92.9 Å². The van der Waals surface area contributed by atoms with Crippen LogP contribution in [-0.2, 0) is 41.5 Å². The molecule has 54 heavy (non-hydrogen) atoms. The molecule has 0 spiro atoms. The van der Waals surface area contributed by atoms with E-state index in [-0.39, 0.29) is 46.5 Å². The number of hydrogen-bond donors (Lipinski definition) is 0. The van der Waals surface area contributed by atoms with E-state index < -0.39 is 0 Å². The zero-order valence-corrected chi connectivity index (χ0v) is 38.6. The summed E-state index contributed by atoms with van der Waals surface area (Å²) in [5.41, 5.74) is 17.2. The maximum atomic E-state index is 5.98. The first-order chi connectivity index (χ1) is 24.3. The van der Waals surface area contributed by atoms with Gasteiger partial charge in [-0.05, 0) is 62.3 Å². The summed E-state index contributed by atoms with van der Waals surface area (Å²) in [7, 11) is 0. The second-order valence-corrected chi connectivity index (χ2v) is 19.7. The fourth-order valence-corrected chi connectivity index (χ4v) is 8.86. The average Bonchev–Trinajstić information content (AvgIpc) is 3.85. The molecule has 0 saturated carbocycles. The molecule has 8 rings (SSSR count). The van der Waals surface area contributed by atoms with E-state index in [1.54, 1.807) is 0 Å². The van der Waals surface area contributed by atoms with Gasteiger partial charge >= 0.3 is 120 Å². The Bertz CT molecular complexity index is 2060. The van der Waals surface area contributed by atoms with Crippen LogP contribution in [-0.4, -0.2) is 3.21 Å². The molecular weight excluding hydrogens is 822 g/mol. The summed E-state index contributed by atoms with van der Waals surface area (Å²) in [6.45, 7) is 23.3. The molecule has 0 atom stereocenters. The SMILES string of the molecule is CC(C)(C)C1=[C-]C(C)(C)c2cc3c(cc21)-c1cc2c(cc1C3)C(C)(C)C=C2C(C)(C)C.Clc1cccc([C](=[Zr+2])c2cccc(Cl)c2)c1.[Cl-].[Cl-].c1cc[cH-]c1. The Morgan fingerprint density at radius 1 is 0.648 bits per heavy atom. The molecule has 5 aromatic carbocycles. The third-order valence-electron chi connectivity index (χ3n) is 10.4. The van der Waals surface area contributed by atoms with Gasteiger partial charge in [0.15, 0.2) is 0 Å². The first-order valence-corrected chi connectivity index (χ1v) is 20.3. The molecule has 0 N–H and O–H groups in total. The van der Waals surface area contributed by atoms with Crippen LogP contribution in [0.25, 0.3) is 22.3 Å². The van der Waals surface area contributed by atoms with Crippen molar-refractivity contribution in [3.8, 4) is 11.1 Å². The number of rotatable bonds is 2. The fourth-order valence-electron chi connectivity index (χ4n) is 7.72. The average molecular weight is 872 g/mol. The molecule has 0 amide bonds. The Morgan fingerprint density at radius 3 is 1.59 bits per heavy atom. The van der Waals surface area contributed by atoms with Crippen molar-refractivity contribution in [2.45, 2.75) is 86.5 Å². The van der Waals surface area contributed by atoms with Crippen LogP contribution in [0, 0.1) is 16.9 Å². The Morgan fingerprint density at radius 2 is 1.15 bits per heavy atom. The largest absolute Gasteiger partial charge is 1.00 e. The van der Waals surface area contributed by atoms with Crippen LogP contribution in [0.15, 0.2) is 109 Å². The first kappa shape index (κ1) is 44.3. The molecule has 0 unspecified atom stereocenters. The zero-order valence-electron chi connectivity index (χ0n) is 33.1. The molecule has 0 bridgehead atoms. The number of benzene rings is 4. The van der Waals surface area contributed by atoms with Gasteiger partial charge in [0.2, 0.25) is 0 Å². The van der Waals surface area contributed by atoms with Crippen molar-refractivity contribution in [3.63, 3.8) is 0 Å². The summed E-state index contributed by atoms with van der Waals surface area (Å²) < 4.78 is 1.26. The summed E-state index contributed by atoms with van der Waals surface area (Å²) in [5, 5.41) is 1.53. The minimum absolute atomic E-state index is 0. The van der Waals surface area contributed by atoms with E-state index in [4.69, 9.17) is 23.2 Å². The second kappa shape index (κ2) is 16.6. The molecule has 3 aliphatic rings. The minimum atomic E-state index is -0.0202. The predicted molar refractivity (Wildman–Crippen MR) is 222 cm³/mol. The topological polar surface area (TPSA) is 0 Å². The number of hydrogen-bond acceptors (Lipinski definition) is 0. The molecule has 280 valence electrons. The van der Waals surface area contributed by atoms with Crippen molar-refractivity contribution < 1.29 is 49.0 Å². The Labute approximate surface area is 362 Å². The smallest absolute Gasteiger partial charge is 0.172 e. The third kappa shape index (κ3) is 9.25. The molecule has 5 aromatic rings. The monoisotopic (exact) mass is 868 g/mol. The van der Waals surface area contributed by atoms with Crippen LogP contribution >= 0.6 is 23.2 Å². The minimum Gasteiger partial charge on any atom is -1.00 e. The van der Waals surface area contributed by atoms with E-state index in [9.17, 15) is 0 Å². The third-order valence-corrected chi connectivity index (χ3v) is 12.3. The molecule has 5 heteroatoms. The molecule has 0 heterocycles. The van der Waals surface area contributed by atoms with Crippen LogP contribution in [0.4, 0.5) is 0 Å². The van der Waals surface area contributed by atoms with Gasteiger partial charge < -0.3 is 24.8 Å². The van der Waals surface area contributed by atoms with E-state index >= 15 is 0 Å². The summed E-state index contributed by atoms with van der Waals surface area (Å²) in [5.74, 6) is 0. The molecular formula is C49H50Cl4Zr-2. The normalized spacial score (nSPS) is 15.3. The van der Waals surface area contributed by atoms with Crippen molar-refractivity contribution in [2.75, 3.05) is 0 Å².